The minimum absolute atomic E-state index is 0.538. The third kappa shape index (κ3) is 4.92. The Morgan fingerprint density at radius 2 is 1.77 bits per heavy atom. The maximum atomic E-state index is 5.48. The zero-order chi connectivity index (χ0) is 9.52. The van der Waals surface area contributed by atoms with Crippen molar-refractivity contribution in [1.82, 2.24) is 10.1 Å². The van der Waals surface area contributed by atoms with Gasteiger partial charge in [0.1, 0.15) is 0 Å². The zero-order valence-electron chi connectivity index (χ0n) is 8.34. The number of nitrogens with two attached hydrogens (primary N) is 1. The molecule has 13 heavy (non-hydrogen) atoms. The maximum Gasteiger partial charge on any atom is 0.0211 e. The summed E-state index contributed by atoms with van der Waals surface area (Å²) in [4.78, 5) is 0. The Kier molecular flexibility index (Phi) is 5.88. The van der Waals surface area contributed by atoms with E-state index >= 15 is 0 Å². The van der Waals surface area contributed by atoms with Gasteiger partial charge in [-0.2, -0.15) is 0 Å². The van der Waals surface area contributed by atoms with E-state index in [2.05, 4.69) is 19.5 Å². The predicted molar refractivity (Wildman–Crippen MR) is 60.1 cm³/mol. The highest BCUT2D eigenvalue weighted by atomic mass is 31.0. The molecule has 0 aromatic carbocycles. The summed E-state index contributed by atoms with van der Waals surface area (Å²) in [5.41, 5.74) is 2.91. The lowest BCUT2D eigenvalue weighted by Crippen LogP contribution is -2.35. The monoisotopic (exact) mass is 203 g/mol. The van der Waals surface area contributed by atoms with Crippen LogP contribution in [0.5, 0.6) is 0 Å². The SMILES string of the molecule is NNC1CCCCCN(P)CCC1. The minimum Gasteiger partial charge on any atom is -0.287 e. The van der Waals surface area contributed by atoms with E-state index in [9.17, 15) is 0 Å². The van der Waals surface area contributed by atoms with Crippen LogP contribution < -0.4 is 11.3 Å². The molecule has 0 spiro atoms. The predicted octanol–water partition coefficient (Wildman–Crippen LogP) is 1.26. The largest absolute Gasteiger partial charge is 0.287 e. The molecule has 1 saturated heterocycles. The van der Waals surface area contributed by atoms with E-state index in [1.165, 1.54) is 51.6 Å². The zero-order valence-corrected chi connectivity index (χ0v) is 9.49. The van der Waals surface area contributed by atoms with Crippen LogP contribution in [0, 0.1) is 0 Å². The maximum absolute atomic E-state index is 5.48. The summed E-state index contributed by atoms with van der Waals surface area (Å²) in [5, 5.41) is 0. The van der Waals surface area contributed by atoms with Crippen molar-refractivity contribution in [3.63, 3.8) is 0 Å². The molecule has 1 fully saturated rings. The first-order chi connectivity index (χ1) is 6.33. The summed E-state index contributed by atoms with van der Waals surface area (Å²) in [7, 11) is 2.81. The number of nitrogens with zero attached hydrogens (tertiary/aromatic N) is 1. The van der Waals surface area contributed by atoms with Crippen LogP contribution in [0.15, 0.2) is 0 Å². The second-order valence-electron chi connectivity index (χ2n) is 3.89. The summed E-state index contributed by atoms with van der Waals surface area (Å²) in [6, 6.07) is 0.538. The fourth-order valence-corrected chi connectivity index (χ4v) is 2.21. The summed E-state index contributed by atoms with van der Waals surface area (Å²) in [6.45, 7) is 2.41. The molecule has 1 heterocycles. The van der Waals surface area contributed by atoms with Crippen LogP contribution >= 0.6 is 9.39 Å². The van der Waals surface area contributed by atoms with Crippen LogP contribution in [0.2, 0.25) is 0 Å². The molecule has 0 aromatic rings. The first kappa shape index (κ1) is 11.4. The molecule has 78 valence electrons. The molecule has 0 saturated carbocycles. The molecule has 1 aliphatic rings. The lowest BCUT2D eigenvalue weighted by atomic mass is 10.0. The van der Waals surface area contributed by atoms with Crippen molar-refractivity contribution in [3.05, 3.63) is 0 Å². The third-order valence-corrected chi connectivity index (χ3v) is 3.25. The van der Waals surface area contributed by atoms with Gasteiger partial charge in [-0.1, -0.05) is 22.2 Å². The van der Waals surface area contributed by atoms with Gasteiger partial charge in [-0.15, -0.1) is 0 Å². The van der Waals surface area contributed by atoms with Gasteiger partial charge < -0.3 is 0 Å². The summed E-state index contributed by atoms with van der Waals surface area (Å²) in [5.74, 6) is 5.48. The Labute approximate surface area is 83.7 Å². The van der Waals surface area contributed by atoms with E-state index in [1.807, 2.05) is 0 Å². The first-order valence-corrected chi connectivity index (χ1v) is 5.80. The highest BCUT2D eigenvalue weighted by Gasteiger charge is 2.09. The van der Waals surface area contributed by atoms with Crippen molar-refractivity contribution in [2.45, 2.75) is 44.6 Å². The minimum atomic E-state index is 0.538. The molecule has 0 bridgehead atoms. The number of hydrogen-bond acceptors (Lipinski definition) is 3. The van der Waals surface area contributed by atoms with Gasteiger partial charge >= 0.3 is 0 Å². The van der Waals surface area contributed by atoms with Crippen LogP contribution in [0.25, 0.3) is 0 Å². The van der Waals surface area contributed by atoms with Crippen molar-refractivity contribution in [1.29, 1.82) is 0 Å². The highest BCUT2D eigenvalue weighted by Crippen LogP contribution is 2.13. The van der Waals surface area contributed by atoms with E-state index in [0.717, 1.165) is 0 Å². The van der Waals surface area contributed by atoms with E-state index in [-0.39, 0.29) is 0 Å². The molecule has 3 N–H and O–H groups in total. The number of hydrogen-bond donors (Lipinski definition) is 2. The van der Waals surface area contributed by atoms with Crippen molar-refractivity contribution in [3.8, 4) is 0 Å². The van der Waals surface area contributed by atoms with Gasteiger partial charge in [-0.3, -0.25) is 15.9 Å². The van der Waals surface area contributed by atoms with E-state index in [0.29, 0.717) is 6.04 Å². The molecule has 0 radical (unpaired) electrons. The smallest absolute Gasteiger partial charge is 0.0211 e. The summed E-state index contributed by atoms with van der Waals surface area (Å²) in [6.07, 6.45) is 7.67. The van der Waals surface area contributed by atoms with Gasteiger partial charge in [-0.25, -0.2) is 0 Å². The van der Waals surface area contributed by atoms with Crippen LogP contribution in [-0.4, -0.2) is 23.8 Å². The summed E-state index contributed by atoms with van der Waals surface area (Å²) < 4.78 is 2.35. The average Bonchev–Trinajstić information content (AvgIpc) is 2.15. The Bertz CT molecular complexity index is 132. The second-order valence-corrected chi connectivity index (χ2v) is 4.62. The molecule has 1 rings (SSSR count). The Morgan fingerprint density at radius 3 is 2.54 bits per heavy atom. The van der Waals surface area contributed by atoms with Gasteiger partial charge in [-0.05, 0) is 25.7 Å². The van der Waals surface area contributed by atoms with Crippen LogP contribution in [-0.2, 0) is 0 Å². The molecule has 0 aromatic heterocycles. The number of nitrogens with one attached hydrogen (secondary N) is 1. The van der Waals surface area contributed by atoms with Crippen molar-refractivity contribution in [2.24, 2.45) is 5.84 Å². The van der Waals surface area contributed by atoms with Crippen molar-refractivity contribution < 1.29 is 0 Å². The molecule has 0 aliphatic carbocycles. The molecular weight excluding hydrogens is 181 g/mol. The van der Waals surface area contributed by atoms with Crippen LogP contribution in [0.4, 0.5) is 0 Å². The molecule has 2 unspecified atom stereocenters. The van der Waals surface area contributed by atoms with Crippen molar-refractivity contribution >= 4 is 9.39 Å². The topological polar surface area (TPSA) is 41.3 Å². The second kappa shape index (κ2) is 6.72. The highest BCUT2D eigenvalue weighted by molar-refractivity contribution is 7.13. The van der Waals surface area contributed by atoms with Gasteiger partial charge in [0.05, 0.1) is 0 Å². The van der Waals surface area contributed by atoms with Gasteiger partial charge in [0.15, 0.2) is 0 Å². The fourth-order valence-electron chi connectivity index (χ4n) is 1.85. The quantitative estimate of drug-likeness (QED) is 0.383. The normalized spacial score (nSPS) is 28.6. The lowest BCUT2D eigenvalue weighted by Gasteiger charge is -2.21. The number of hydrazine groups is 1. The average molecular weight is 203 g/mol. The molecule has 1 aliphatic heterocycles. The van der Waals surface area contributed by atoms with Gasteiger partial charge in [0.2, 0.25) is 0 Å². The standard InChI is InChI=1S/C9H22N3P/c10-11-9-5-2-1-3-7-12(13)8-4-6-9/h9,11H,1-8,10,13H2. The Hall–Kier alpha value is 0.310. The van der Waals surface area contributed by atoms with Crippen molar-refractivity contribution in [2.75, 3.05) is 13.1 Å². The lowest BCUT2D eigenvalue weighted by molar-refractivity contribution is 0.363. The number of rotatable bonds is 1. The molecular formula is C9H22N3P. The molecule has 3 nitrogen and oxygen atoms in total. The van der Waals surface area contributed by atoms with Crippen LogP contribution in [0.3, 0.4) is 0 Å². The third-order valence-electron chi connectivity index (χ3n) is 2.73. The van der Waals surface area contributed by atoms with E-state index in [1.54, 1.807) is 0 Å². The molecule has 2 atom stereocenters. The van der Waals surface area contributed by atoms with E-state index < -0.39 is 0 Å². The molecule has 4 heteroatoms. The first-order valence-electron chi connectivity index (χ1n) is 5.28. The Balaban J connectivity index is 2.25. The summed E-state index contributed by atoms with van der Waals surface area (Å²) >= 11 is 0. The van der Waals surface area contributed by atoms with Gasteiger partial charge in [0.25, 0.3) is 0 Å². The van der Waals surface area contributed by atoms with Gasteiger partial charge in [0, 0.05) is 19.1 Å². The Morgan fingerprint density at radius 1 is 1.08 bits per heavy atom. The van der Waals surface area contributed by atoms with E-state index in [4.69, 9.17) is 5.84 Å². The molecule has 0 amide bonds. The van der Waals surface area contributed by atoms with Crippen LogP contribution in [0.1, 0.15) is 38.5 Å². The fraction of sp³-hybridized carbons (Fsp3) is 1.00.